The zero-order valence-corrected chi connectivity index (χ0v) is 15.9. The number of hydrogen-bond donors (Lipinski definition) is 3. The molecule has 2 unspecified atom stereocenters. The molecule has 6 heteroatoms. The van der Waals surface area contributed by atoms with E-state index in [1.165, 1.54) is 0 Å². The number of benzene rings is 2. The SMILES string of the molecule is Oc1ccccc1-c1cc2c(ccn2-c2ccc(C3CCNCC3O)cc2)nn1. The first-order chi connectivity index (χ1) is 14.2. The topological polar surface area (TPSA) is 83.2 Å². The van der Waals surface area contributed by atoms with E-state index in [1.54, 1.807) is 12.1 Å². The van der Waals surface area contributed by atoms with Crippen LogP contribution in [0.15, 0.2) is 66.9 Å². The molecule has 2 aromatic carbocycles. The van der Waals surface area contributed by atoms with Gasteiger partial charge in [-0.3, -0.25) is 0 Å². The number of aromatic nitrogens is 3. The predicted molar refractivity (Wildman–Crippen MR) is 112 cm³/mol. The Morgan fingerprint density at radius 3 is 2.62 bits per heavy atom. The maximum absolute atomic E-state index is 10.3. The molecule has 29 heavy (non-hydrogen) atoms. The monoisotopic (exact) mass is 386 g/mol. The lowest BCUT2D eigenvalue weighted by atomic mass is 9.88. The highest BCUT2D eigenvalue weighted by atomic mass is 16.3. The highest BCUT2D eigenvalue weighted by molar-refractivity contribution is 5.82. The van der Waals surface area contributed by atoms with Crippen molar-refractivity contribution < 1.29 is 10.2 Å². The van der Waals surface area contributed by atoms with E-state index in [1.807, 2.05) is 30.5 Å². The summed E-state index contributed by atoms with van der Waals surface area (Å²) in [6, 6.07) is 19.3. The van der Waals surface area contributed by atoms with Crippen LogP contribution in [0.1, 0.15) is 17.9 Å². The van der Waals surface area contributed by atoms with Crippen molar-refractivity contribution in [2.75, 3.05) is 13.1 Å². The van der Waals surface area contributed by atoms with E-state index in [2.05, 4.69) is 44.3 Å². The molecule has 6 nitrogen and oxygen atoms in total. The molecule has 0 bridgehead atoms. The van der Waals surface area contributed by atoms with Gasteiger partial charge in [0, 0.05) is 29.9 Å². The predicted octanol–water partition coefficient (Wildman–Crippen LogP) is 3.23. The molecule has 0 radical (unpaired) electrons. The summed E-state index contributed by atoms with van der Waals surface area (Å²) in [5.41, 5.74) is 5.18. The summed E-state index contributed by atoms with van der Waals surface area (Å²) in [7, 11) is 0. The number of phenolic OH excluding ortho intramolecular Hbond substituents is 1. The molecular weight excluding hydrogens is 364 g/mol. The summed E-state index contributed by atoms with van der Waals surface area (Å²) in [5, 5.41) is 32.2. The lowest BCUT2D eigenvalue weighted by Crippen LogP contribution is -2.39. The number of hydrogen-bond acceptors (Lipinski definition) is 5. The molecule has 5 rings (SSSR count). The van der Waals surface area contributed by atoms with E-state index in [-0.39, 0.29) is 17.8 Å². The Morgan fingerprint density at radius 2 is 1.83 bits per heavy atom. The van der Waals surface area contributed by atoms with Crippen molar-refractivity contribution >= 4 is 11.0 Å². The largest absolute Gasteiger partial charge is 0.507 e. The lowest BCUT2D eigenvalue weighted by molar-refractivity contribution is 0.118. The number of nitrogens with zero attached hydrogens (tertiary/aromatic N) is 3. The minimum Gasteiger partial charge on any atom is -0.507 e. The number of nitrogens with one attached hydrogen (secondary N) is 1. The minimum atomic E-state index is -0.349. The van der Waals surface area contributed by atoms with Gasteiger partial charge in [-0.05, 0) is 54.9 Å². The summed E-state index contributed by atoms with van der Waals surface area (Å²) in [4.78, 5) is 0. The van der Waals surface area contributed by atoms with Gasteiger partial charge in [-0.25, -0.2) is 0 Å². The first kappa shape index (κ1) is 17.8. The number of phenols is 1. The fourth-order valence-corrected chi connectivity index (χ4v) is 4.09. The van der Waals surface area contributed by atoms with Crippen LogP contribution in [0.4, 0.5) is 0 Å². The zero-order chi connectivity index (χ0) is 19.8. The van der Waals surface area contributed by atoms with Crippen LogP contribution in [0, 0.1) is 0 Å². The Kier molecular flexibility index (Phi) is 4.50. The van der Waals surface area contributed by atoms with Crippen molar-refractivity contribution in [3.63, 3.8) is 0 Å². The van der Waals surface area contributed by atoms with Crippen molar-refractivity contribution in [2.24, 2.45) is 0 Å². The van der Waals surface area contributed by atoms with Gasteiger partial charge in [0.1, 0.15) is 11.3 Å². The van der Waals surface area contributed by atoms with Crippen LogP contribution in [-0.4, -0.2) is 44.2 Å². The second-order valence-electron chi connectivity index (χ2n) is 7.46. The van der Waals surface area contributed by atoms with Crippen molar-refractivity contribution in [3.05, 3.63) is 72.4 Å². The van der Waals surface area contributed by atoms with E-state index < -0.39 is 0 Å². The van der Waals surface area contributed by atoms with Gasteiger partial charge in [0.25, 0.3) is 0 Å². The van der Waals surface area contributed by atoms with Gasteiger partial charge in [0.05, 0.1) is 17.3 Å². The number of aliphatic hydroxyl groups is 1. The standard InChI is InChI=1S/C23H22N4O2/c28-22-4-2-1-3-18(22)20-13-21-19(25-26-20)10-12-27(21)16-7-5-15(6-8-16)17-9-11-24-14-23(17)29/h1-8,10,12-13,17,23-24,28-29H,9,11,14H2. The van der Waals surface area contributed by atoms with Crippen LogP contribution >= 0.6 is 0 Å². The van der Waals surface area contributed by atoms with Crippen LogP contribution in [0.25, 0.3) is 28.0 Å². The smallest absolute Gasteiger partial charge is 0.125 e. The van der Waals surface area contributed by atoms with E-state index in [0.29, 0.717) is 17.8 Å². The molecule has 146 valence electrons. The van der Waals surface area contributed by atoms with Gasteiger partial charge in [0.15, 0.2) is 0 Å². The van der Waals surface area contributed by atoms with Crippen molar-refractivity contribution in [1.82, 2.24) is 20.1 Å². The van der Waals surface area contributed by atoms with E-state index in [4.69, 9.17) is 0 Å². The van der Waals surface area contributed by atoms with Crippen LogP contribution < -0.4 is 5.32 Å². The molecule has 4 aromatic rings. The number of fused-ring (bicyclic) bond motifs is 1. The van der Waals surface area contributed by atoms with E-state index in [0.717, 1.165) is 35.2 Å². The highest BCUT2D eigenvalue weighted by Gasteiger charge is 2.24. The number of para-hydroxylation sites is 1. The van der Waals surface area contributed by atoms with Gasteiger partial charge >= 0.3 is 0 Å². The van der Waals surface area contributed by atoms with E-state index >= 15 is 0 Å². The fraction of sp³-hybridized carbons (Fsp3) is 0.217. The minimum absolute atomic E-state index is 0.172. The van der Waals surface area contributed by atoms with E-state index in [9.17, 15) is 10.2 Å². The molecule has 2 atom stereocenters. The molecule has 2 aromatic heterocycles. The van der Waals surface area contributed by atoms with Crippen LogP contribution in [0.5, 0.6) is 5.75 Å². The maximum Gasteiger partial charge on any atom is 0.125 e. The number of β-amino-alcohol motifs (C(OH)–C–C–N with tert-alkyl or cyclic N) is 1. The third-order valence-electron chi connectivity index (χ3n) is 5.67. The average molecular weight is 386 g/mol. The average Bonchev–Trinajstić information content (AvgIpc) is 3.18. The Hall–Kier alpha value is -3.22. The quantitative estimate of drug-likeness (QED) is 0.504. The zero-order valence-electron chi connectivity index (χ0n) is 15.9. The Bertz CT molecular complexity index is 1150. The Labute approximate surface area is 168 Å². The molecule has 1 aliphatic rings. The normalized spacial score (nSPS) is 19.5. The fourth-order valence-electron chi connectivity index (χ4n) is 4.09. The highest BCUT2D eigenvalue weighted by Crippen LogP contribution is 2.30. The number of piperidine rings is 1. The molecule has 0 amide bonds. The Balaban J connectivity index is 1.52. The third-order valence-corrected chi connectivity index (χ3v) is 5.67. The number of rotatable bonds is 3. The van der Waals surface area contributed by atoms with Crippen molar-refractivity contribution in [2.45, 2.75) is 18.4 Å². The van der Waals surface area contributed by atoms with Crippen LogP contribution in [-0.2, 0) is 0 Å². The summed E-state index contributed by atoms with van der Waals surface area (Å²) < 4.78 is 2.07. The molecule has 3 heterocycles. The lowest BCUT2D eigenvalue weighted by Gasteiger charge is -2.28. The second kappa shape index (κ2) is 7.31. The maximum atomic E-state index is 10.3. The summed E-state index contributed by atoms with van der Waals surface area (Å²) in [5.74, 6) is 0.356. The summed E-state index contributed by atoms with van der Waals surface area (Å²) in [6.45, 7) is 1.57. The van der Waals surface area contributed by atoms with Crippen LogP contribution in [0.3, 0.4) is 0 Å². The summed E-state index contributed by atoms with van der Waals surface area (Å²) >= 11 is 0. The first-order valence-corrected chi connectivity index (χ1v) is 9.83. The molecule has 0 aliphatic carbocycles. The molecular formula is C23H22N4O2. The first-order valence-electron chi connectivity index (χ1n) is 9.83. The van der Waals surface area contributed by atoms with Crippen LogP contribution in [0.2, 0.25) is 0 Å². The van der Waals surface area contributed by atoms with Gasteiger partial charge in [-0.2, -0.15) is 0 Å². The van der Waals surface area contributed by atoms with Gasteiger partial charge in [-0.1, -0.05) is 24.3 Å². The van der Waals surface area contributed by atoms with Crippen molar-refractivity contribution in [1.29, 1.82) is 0 Å². The number of aliphatic hydroxyl groups excluding tert-OH is 1. The van der Waals surface area contributed by atoms with Gasteiger partial charge in [-0.15, -0.1) is 10.2 Å². The molecule has 1 fully saturated rings. The molecule has 1 aliphatic heterocycles. The van der Waals surface area contributed by atoms with Crippen molar-refractivity contribution in [3.8, 4) is 22.7 Å². The molecule has 1 saturated heterocycles. The third kappa shape index (κ3) is 3.26. The van der Waals surface area contributed by atoms with Gasteiger partial charge < -0.3 is 20.1 Å². The number of aromatic hydroxyl groups is 1. The molecule has 3 N–H and O–H groups in total. The Morgan fingerprint density at radius 1 is 1.00 bits per heavy atom. The molecule has 0 spiro atoms. The molecule has 0 saturated carbocycles. The van der Waals surface area contributed by atoms with Gasteiger partial charge in [0.2, 0.25) is 0 Å². The summed E-state index contributed by atoms with van der Waals surface area (Å²) in [6.07, 6.45) is 2.56. The second-order valence-corrected chi connectivity index (χ2v) is 7.46.